The van der Waals surface area contributed by atoms with Crippen molar-refractivity contribution in [1.82, 2.24) is 10.2 Å². The number of benzene rings is 1. The van der Waals surface area contributed by atoms with Gasteiger partial charge >= 0.3 is 12.1 Å². The topological polar surface area (TPSA) is 105 Å². The van der Waals surface area contributed by atoms with Gasteiger partial charge in [-0.1, -0.05) is 12.1 Å². The molecular formula is C21H29N5O4. The Hall–Kier alpha value is -2.81. The van der Waals surface area contributed by atoms with Crippen molar-refractivity contribution in [2.75, 3.05) is 13.1 Å². The van der Waals surface area contributed by atoms with Crippen molar-refractivity contribution in [3.8, 4) is 0 Å². The van der Waals surface area contributed by atoms with Crippen LogP contribution < -0.4 is 5.32 Å². The normalized spacial score (nSPS) is 22.4. The van der Waals surface area contributed by atoms with Crippen LogP contribution in [0.2, 0.25) is 0 Å². The van der Waals surface area contributed by atoms with E-state index in [1.807, 2.05) is 25.1 Å². The van der Waals surface area contributed by atoms with E-state index >= 15 is 0 Å². The Balaban J connectivity index is 2.08. The van der Waals surface area contributed by atoms with Gasteiger partial charge in [-0.25, -0.2) is 14.6 Å². The number of ether oxygens (including phenoxy) is 2. The Morgan fingerprint density at radius 3 is 2.40 bits per heavy atom. The van der Waals surface area contributed by atoms with Crippen LogP contribution in [0.15, 0.2) is 33.4 Å². The maximum atomic E-state index is 13.3. The van der Waals surface area contributed by atoms with E-state index in [2.05, 4.69) is 20.5 Å². The summed E-state index contributed by atoms with van der Waals surface area (Å²) in [7, 11) is 0. The molecule has 0 aromatic heterocycles. The molecule has 2 aliphatic heterocycles. The van der Waals surface area contributed by atoms with Gasteiger partial charge in [-0.3, -0.25) is 10.2 Å². The smallest absolute Gasteiger partial charge is 0.413 e. The highest BCUT2D eigenvalue weighted by Gasteiger charge is 2.54. The Kier molecular flexibility index (Phi) is 5.44. The van der Waals surface area contributed by atoms with Crippen LogP contribution in [0.25, 0.3) is 0 Å². The molecule has 0 saturated carbocycles. The van der Waals surface area contributed by atoms with Gasteiger partial charge in [0.25, 0.3) is 5.79 Å². The number of azo groups is 1. The Bertz CT molecular complexity index is 926. The average Bonchev–Trinajstić information content (AvgIpc) is 3.18. The summed E-state index contributed by atoms with van der Waals surface area (Å²) in [5, 5.41) is 11.4. The molecule has 1 aromatic carbocycles. The van der Waals surface area contributed by atoms with Gasteiger partial charge in [0.05, 0.1) is 5.69 Å². The van der Waals surface area contributed by atoms with Crippen LogP contribution >= 0.6 is 0 Å². The van der Waals surface area contributed by atoms with Crippen LogP contribution in [0.3, 0.4) is 0 Å². The van der Waals surface area contributed by atoms with E-state index in [1.54, 1.807) is 41.5 Å². The van der Waals surface area contributed by atoms with Crippen molar-refractivity contribution in [1.29, 1.82) is 0 Å². The van der Waals surface area contributed by atoms with E-state index in [4.69, 9.17) is 9.47 Å². The standard InChI is InChI=1S/C21H29N5O4/c1-13-9-8-10-14-15(13)24-25-16(14)23-21(17(27)29-19(2,3)4)22-11-12-26(21)18(28)30-20(5,6)7/h8-10,22H,11-12H2,1-7H3. The molecule has 0 spiro atoms. The number of fused-ring (bicyclic) bond motifs is 1. The molecule has 162 valence electrons. The third-order valence-electron chi connectivity index (χ3n) is 4.39. The first-order valence-electron chi connectivity index (χ1n) is 9.93. The van der Waals surface area contributed by atoms with Gasteiger partial charge in [0.15, 0.2) is 5.84 Å². The molecule has 1 amide bonds. The highest BCUT2D eigenvalue weighted by molar-refractivity contribution is 6.07. The molecule has 9 heteroatoms. The fourth-order valence-electron chi connectivity index (χ4n) is 3.18. The Morgan fingerprint density at radius 1 is 1.10 bits per heavy atom. The molecule has 30 heavy (non-hydrogen) atoms. The molecular weight excluding hydrogens is 386 g/mol. The summed E-state index contributed by atoms with van der Waals surface area (Å²) >= 11 is 0. The van der Waals surface area contributed by atoms with Gasteiger partial charge in [0.2, 0.25) is 0 Å². The molecule has 0 bridgehead atoms. The van der Waals surface area contributed by atoms with Crippen LogP contribution in [-0.2, 0) is 14.3 Å². The first kappa shape index (κ1) is 21.9. The van der Waals surface area contributed by atoms with Crippen LogP contribution in [0.4, 0.5) is 10.5 Å². The highest BCUT2D eigenvalue weighted by atomic mass is 16.6. The summed E-state index contributed by atoms with van der Waals surface area (Å²) in [5.41, 5.74) is 0.813. The molecule has 2 aliphatic rings. The van der Waals surface area contributed by atoms with Crippen LogP contribution in [-0.4, -0.2) is 52.9 Å². The number of amidine groups is 1. The molecule has 0 radical (unpaired) electrons. The van der Waals surface area contributed by atoms with Gasteiger partial charge in [0.1, 0.15) is 11.2 Å². The lowest BCUT2D eigenvalue weighted by molar-refractivity contribution is -0.168. The first-order valence-corrected chi connectivity index (χ1v) is 9.93. The monoisotopic (exact) mass is 415 g/mol. The van der Waals surface area contributed by atoms with Crippen molar-refractivity contribution >= 4 is 23.6 Å². The zero-order chi connectivity index (χ0) is 22.3. The molecule has 1 aromatic rings. The fourth-order valence-corrected chi connectivity index (χ4v) is 3.18. The van der Waals surface area contributed by atoms with Crippen molar-refractivity contribution in [3.63, 3.8) is 0 Å². The summed E-state index contributed by atoms with van der Waals surface area (Å²) in [4.78, 5) is 32.1. The highest BCUT2D eigenvalue weighted by Crippen LogP contribution is 2.33. The molecule has 1 atom stereocenters. The zero-order valence-electron chi connectivity index (χ0n) is 18.6. The number of aryl methyl sites for hydroxylation is 1. The maximum Gasteiger partial charge on any atom is 0.413 e. The largest absolute Gasteiger partial charge is 0.456 e. The van der Waals surface area contributed by atoms with Gasteiger partial charge in [-0.05, 0) is 60.1 Å². The van der Waals surface area contributed by atoms with Crippen LogP contribution in [0.5, 0.6) is 0 Å². The molecule has 0 aliphatic carbocycles. The third kappa shape index (κ3) is 4.35. The number of nitrogens with one attached hydrogen (secondary N) is 1. The van der Waals surface area contributed by atoms with E-state index in [0.717, 1.165) is 5.56 Å². The molecule has 1 N–H and O–H groups in total. The van der Waals surface area contributed by atoms with Gasteiger partial charge < -0.3 is 9.47 Å². The lowest BCUT2D eigenvalue weighted by Crippen LogP contribution is -2.61. The molecule has 1 fully saturated rings. The van der Waals surface area contributed by atoms with E-state index < -0.39 is 29.1 Å². The summed E-state index contributed by atoms with van der Waals surface area (Å²) in [6, 6.07) is 5.62. The van der Waals surface area contributed by atoms with Crippen molar-refractivity contribution in [2.45, 2.75) is 65.5 Å². The van der Waals surface area contributed by atoms with E-state index in [-0.39, 0.29) is 12.4 Å². The predicted molar refractivity (Wildman–Crippen MR) is 112 cm³/mol. The number of carbonyl (C=O) groups excluding carboxylic acids is 2. The predicted octanol–water partition coefficient (Wildman–Crippen LogP) is 3.67. The maximum absolute atomic E-state index is 13.3. The third-order valence-corrected chi connectivity index (χ3v) is 4.39. The molecule has 3 rings (SSSR count). The second-order valence-corrected chi connectivity index (χ2v) is 9.34. The lowest BCUT2D eigenvalue weighted by Gasteiger charge is -2.35. The molecule has 2 heterocycles. The number of amides is 1. The minimum atomic E-state index is -1.80. The van der Waals surface area contributed by atoms with Crippen LogP contribution in [0.1, 0.15) is 52.7 Å². The van der Waals surface area contributed by atoms with Gasteiger partial charge in [0, 0.05) is 18.7 Å². The number of hydrogen-bond acceptors (Lipinski definition) is 7. The van der Waals surface area contributed by atoms with Crippen molar-refractivity contribution < 1.29 is 19.1 Å². The lowest BCUT2D eigenvalue weighted by atomic mass is 10.1. The SMILES string of the molecule is Cc1cccc2c1N=NC2=NC1(C(=O)OC(C)(C)C)NCCN1C(=O)OC(C)(C)C. The fraction of sp³-hybridized carbons (Fsp3) is 0.571. The number of nitrogens with zero attached hydrogens (tertiary/aromatic N) is 4. The summed E-state index contributed by atoms with van der Waals surface area (Å²) in [6.45, 7) is 13.0. The van der Waals surface area contributed by atoms with E-state index in [9.17, 15) is 9.59 Å². The number of rotatable bonds is 2. The Labute approximate surface area is 176 Å². The average molecular weight is 415 g/mol. The quantitative estimate of drug-likeness (QED) is 0.742. The molecule has 1 saturated heterocycles. The number of esters is 1. The van der Waals surface area contributed by atoms with E-state index in [1.165, 1.54) is 4.90 Å². The van der Waals surface area contributed by atoms with Crippen LogP contribution in [0, 0.1) is 6.92 Å². The number of carbonyl (C=O) groups is 2. The summed E-state index contributed by atoms with van der Waals surface area (Å²) in [5.74, 6) is -2.25. The second kappa shape index (κ2) is 7.46. The van der Waals surface area contributed by atoms with Crippen molar-refractivity contribution in [3.05, 3.63) is 29.3 Å². The zero-order valence-corrected chi connectivity index (χ0v) is 18.6. The summed E-state index contributed by atoms with van der Waals surface area (Å²) < 4.78 is 11.2. The van der Waals surface area contributed by atoms with Gasteiger partial charge in [-0.2, -0.15) is 0 Å². The minimum absolute atomic E-state index is 0.225. The Morgan fingerprint density at radius 2 is 1.77 bits per heavy atom. The second-order valence-electron chi connectivity index (χ2n) is 9.34. The number of aliphatic imine (C=N–C) groups is 1. The van der Waals surface area contributed by atoms with E-state index in [0.29, 0.717) is 17.8 Å². The van der Waals surface area contributed by atoms with Crippen molar-refractivity contribution in [2.24, 2.45) is 15.2 Å². The summed E-state index contributed by atoms with van der Waals surface area (Å²) in [6.07, 6.45) is -0.665. The first-order chi connectivity index (χ1) is 13.8. The molecule has 1 unspecified atom stereocenters. The van der Waals surface area contributed by atoms with Gasteiger partial charge in [-0.15, -0.1) is 10.2 Å². The number of hydrogen-bond donors (Lipinski definition) is 1. The molecule has 9 nitrogen and oxygen atoms in total. The minimum Gasteiger partial charge on any atom is -0.456 e.